The first kappa shape index (κ1) is 14.2. The van der Waals surface area contributed by atoms with Gasteiger partial charge in [0.2, 0.25) is 0 Å². The second kappa shape index (κ2) is 5.62. The van der Waals surface area contributed by atoms with Crippen LogP contribution in [0.25, 0.3) is 0 Å². The highest BCUT2D eigenvalue weighted by atomic mass is 35.5. The van der Waals surface area contributed by atoms with Crippen LogP contribution in [0.1, 0.15) is 17.3 Å². The van der Waals surface area contributed by atoms with Crippen molar-refractivity contribution in [3.63, 3.8) is 0 Å². The molecule has 1 atom stereocenters. The topological polar surface area (TPSA) is 71.4 Å². The molecular formula is C11H13ClO4S. The quantitative estimate of drug-likeness (QED) is 0.824. The average Bonchev–Trinajstić information content (AvgIpc) is 2.30. The molecule has 0 amide bonds. The molecule has 6 heteroatoms. The molecule has 17 heavy (non-hydrogen) atoms. The van der Waals surface area contributed by atoms with Crippen molar-refractivity contribution in [2.24, 2.45) is 0 Å². The van der Waals surface area contributed by atoms with Gasteiger partial charge >= 0.3 is 0 Å². The zero-order valence-electron chi connectivity index (χ0n) is 9.26. The van der Waals surface area contributed by atoms with Crippen molar-refractivity contribution in [3.05, 3.63) is 34.9 Å². The van der Waals surface area contributed by atoms with Gasteiger partial charge < -0.3 is 5.11 Å². The van der Waals surface area contributed by atoms with Crippen LogP contribution in [-0.4, -0.2) is 36.9 Å². The summed E-state index contributed by atoms with van der Waals surface area (Å²) in [6, 6.07) is 5.89. The number of carbonyl (C=O) groups excluding carboxylic acids is 1. The van der Waals surface area contributed by atoms with E-state index in [2.05, 4.69) is 0 Å². The van der Waals surface area contributed by atoms with E-state index in [1.807, 2.05) is 0 Å². The number of hydrogen-bond acceptors (Lipinski definition) is 4. The Hall–Kier alpha value is -0.910. The van der Waals surface area contributed by atoms with Crippen molar-refractivity contribution >= 4 is 27.2 Å². The summed E-state index contributed by atoms with van der Waals surface area (Å²) in [5.41, 5.74) is 0.227. The Morgan fingerprint density at radius 2 is 1.88 bits per heavy atom. The van der Waals surface area contributed by atoms with Gasteiger partial charge in [0.1, 0.15) is 5.25 Å². The summed E-state index contributed by atoms with van der Waals surface area (Å²) in [4.78, 5) is 11.9. The van der Waals surface area contributed by atoms with Crippen molar-refractivity contribution in [1.29, 1.82) is 0 Å². The molecule has 94 valence electrons. The molecule has 0 saturated heterocycles. The van der Waals surface area contributed by atoms with Crippen molar-refractivity contribution in [2.75, 3.05) is 12.4 Å². The number of hydrogen-bond donors (Lipinski definition) is 1. The standard InChI is InChI=1S/C11H13ClO4S/c1-2-17(15,16)10(7-13)11(14)8-3-5-9(12)6-4-8/h3-6,10,13H,2,7H2,1H3/t10-/m0/s1. The molecule has 0 fully saturated rings. The van der Waals surface area contributed by atoms with Crippen molar-refractivity contribution in [3.8, 4) is 0 Å². The van der Waals surface area contributed by atoms with Crippen molar-refractivity contribution in [2.45, 2.75) is 12.2 Å². The second-order valence-electron chi connectivity index (χ2n) is 3.49. The van der Waals surface area contributed by atoms with E-state index >= 15 is 0 Å². The zero-order valence-corrected chi connectivity index (χ0v) is 10.8. The van der Waals surface area contributed by atoms with E-state index in [1.54, 1.807) is 0 Å². The Morgan fingerprint density at radius 3 is 2.29 bits per heavy atom. The number of carbonyl (C=O) groups is 1. The minimum atomic E-state index is -3.60. The van der Waals surface area contributed by atoms with Crippen molar-refractivity contribution in [1.82, 2.24) is 0 Å². The predicted molar refractivity (Wildman–Crippen MR) is 66.1 cm³/mol. The molecule has 1 aromatic carbocycles. The number of ketones is 1. The normalized spacial score (nSPS) is 13.4. The molecule has 0 aliphatic carbocycles. The smallest absolute Gasteiger partial charge is 0.183 e. The summed E-state index contributed by atoms with van der Waals surface area (Å²) in [6.45, 7) is 0.727. The molecule has 0 saturated carbocycles. The van der Waals surface area contributed by atoms with E-state index in [9.17, 15) is 13.2 Å². The summed E-state index contributed by atoms with van der Waals surface area (Å²) in [6.07, 6.45) is 0. The fraction of sp³-hybridized carbons (Fsp3) is 0.364. The van der Waals surface area contributed by atoms with Crippen LogP contribution in [0.4, 0.5) is 0 Å². The SMILES string of the molecule is CCS(=O)(=O)[C@@H](CO)C(=O)c1ccc(Cl)cc1. The fourth-order valence-corrected chi connectivity index (χ4v) is 2.58. The van der Waals surface area contributed by atoms with E-state index in [-0.39, 0.29) is 11.3 Å². The third kappa shape index (κ3) is 3.28. The first-order valence-electron chi connectivity index (χ1n) is 5.04. The van der Waals surface area contributed by atoms with Gasteiger partial charge in [-0.1, -0.05) is 18.5 Å². The molecule has 0 aliphatic heterocycles. The fourth-order valence-electron chi connectivity index (χ4n) is 1.36. The van der Waals surface area contributed by atoms with Gasteiger partial charge in [0.05, 0.1) is 6.61 Å². The highest BCUT2D eigenvalue weighted by molar-refractivity contribution is 7.92. The molecule has 4 nitrogen and oxygen atoms in total. The third-order valence-electron chi connectivity index (χ3n) is 2.42. The highest BCUT2D eigenvalue weighted by Crippen LogP contribution is 2.14. The van der Waals surface area contributed by atoms with Crippen LogP contribution in [0.3, 0.4) is 0 Å². The molecule has 1 rings (SSSR count). The van der Waals surface area contributed by atoms with E-state index < -0.39 is 27.5 Å². The molecule has 1 aromatic rings. The van der Waals surface area contributed by atoms with Crippen LogP contribution in [0, 0.1) is 0 Å². The second-order valence-corrected chi connectivity index (χ2v) is 6.40. The van der Waals surface area contributed by atoms with E-state index in [4.69, 9.17) is 16.7 Å². The van der Waals surface area contributed by atoms with Crippen LogP contribution < -0.4 is 0 Å². The molecule has 1 N–H and O–H groups in total. The Bertz CT molecular complexity index is 493. The number of sulfone groups is 1. The first-order chi connectivity index (χ1) is 7.92. The van der Waals surface area contributed by atoms with E-state index in [0.717, 1.165) is 0 Å². The summed E-state index contributed by atoms with van der Waals surface area (Å²) in [5.74, 6) is -0.789. The van der Waals surface area contributed by atoms with Gasteiger partial charge in [-0.2, -0.15) is 0 Å². The number of rotatable bonds is 5. The Labute approximate surface area is 105 Å². The Kier molecular flexibility index (Phi) is 4.68. The molecule has 0 radical (unpaired) electrons. The van der Waals surface area contributed by atoms with Gasteiger partial charge in [-0.15, -0.1) is 0 Å². The van der Waals surface area contributed by atoms with Crippen LogP contribution in [0.2, 0.25) is 5.02 Å². The number of aliphatic hydroxyl groups excluding tert-OH is 1. The van der Waals surface area contributed by atoms with Gasteiger partial charge in [0.25, 0.3) is 0 Å². The van der Waals surface area contributed by atoms with Crippen LogP contribution in [0.5, 0.6) is 0 Å². The molecule has 0 bridgehead atoms. The predicted octanol–water partition coefficient (Wildman–Crippen LogP) is 1.32. The Morgan fingerprint density at radius 1 is 1.35 bits per heavy atom. The minimum absolute atomic E-state index is 0.183. The number of halogens is 1. The number of aliphatic hydroxyl groups is 1. The van der Waals surface area contributed by atoms with Gasteiger partial charge in [0.15, 0.2) is 15.6 Å². The minimum Gasteiger partial charge on any atom is -0.395 e. The Balaban J connectivity index is 3.07. The molecule has 0 unspecified atom stereocenters. The number of benzene rings is 1. The third-order valence-corrected chi connectivity index (χ3v) is 4.71. The lowest BCUT2D eigenvalue weighted by Crippen LogP contribution is -2.35. The summed E-state index contributed by atoms with van der Waals surface area (Å²) < 4.78 is 23.2. The zero-order chi connectivity index (χ0) is 13.1. The molecule has 0 spiro atoms. The summed E-state index contributed by atoms with van der Waals surface area (Å²) in [7, 11) is -3.60. The largest absolute Gasteiger partial charge is 0.395 e. The highest BCUT2D eigenvalue weighted by Gasteiger charge is 2.30. The van der Waals surface area contributed by atoms with Crippen LogP contribution in [-0.2, 0) is 9.84 Å². The number of Topliss-reactive ketones (excluding diaryl/α,β-unsaturated/α-hetero) is 1. The van der Waals surface area contributed by atoms with E-state index in [1.165, 1.54) is 31.2 Å². The molecule has 0 aliphatic rings. The monoisotopic (exact) mass is 276 g/mol. The van der Waals surface area contributed by atoms with Crippen molar-refractivity contribution < 1.29 is 18.3 Å². The van der Waals surface area contributed by atoms with E-state index in [0.29, 0.717) is 5.02 Å². The molecule has 0 aromatic heterocycles. The van der Waals surface area contributed by atoms with Crippen LogP contribution in [0.15, 0.2) is 24.3 Å². The maximum atomic E-state index is 11.9. The lowest BCUT2D eigenvalue weighted by atomic mass is 10.1. The maximum absolute atomic E-state index is 11.9. The molecule has 0 heterocycles. The van der Waals surface area contributed by atoms with Gasteiger partial charge in [-0.3, -0.25) is 4.79 Å². The summed E-state index contributed by atoms with van der Waals surface area (Å²) >= 11 is 5.67. The lowest BCUT2D eigenvalue weighted by Gasteiger charge is -2.12. The summed E-state index contributed by atoms with van der Waals surface area (Å²) in [5, 5.41) is 8.12. The van der Waals surface area contributed by atoms with Gasteiger partial charge in [-0.25, -0.2) is 8.42 Å². The first-order valence-corrected chi connectivity index (χ1v) is 7.14. The van der Waals surface area contributed by atoms with Gasteiger partial charge in [-0.05, 0) is 24.3 Å². The maximum Gasteiger partial charge on any atom is 0.183 e. The lowest BCUT2D eigenvalue weighted by molar-refractivity contribution is 0.0961. The van der Waals surface area contributed by atoms with Crippen LogP contribution >= 0.6 is 11.6 Å². The average molecular weight is 277 g/mol. The van der Waals surface area contributed by atoms with Gasteiger partial charge in [0, 0.05) is 16.3 Å². The molecular weight excluding hydrogens is 264 g/mol.